The largest absolute Gasteiger partial charge is 0.341 e. The second-order valence-electron chi connectivity index (χ2n) is 4.97. The van der Waals surface area contributed by atoms with E-state index in [1.54, 1.807) is 0 Å². The highest BCUT2D eigenvalue weighted by Crippen LogP contribution is 2.18. The van der Waals surface area contributed by atoms with Crippen LogP contribution in [0.1, 0.15) is 25.3 Å². The molecule has 0 spiro atoms. The summed E-state index contributed by atoms with van der Waals surface area (Å²) in [5.41, 5.74) is 1.00. The van der Waals surface area contributed by atoms with Crippen LogP contribution in [0.15, 0.2) is 28.7 Å². The highest BCUT2D eigenvalue weighted by atomic mass is 79.9. The van der Waals surface area contributed by atoms with Crippen molar-refractivity contribution in [2.24, 2.45) is 5.92 Å². The quantitative estimate of drug-likeness (QED) is 0.857. The van der Waals surface area contributed by atoms with E-state index >= 15 is 0 Å². The summed E-state index contributed by atoms with van der Waals surface area (Å²) in [6.07, 6.45) is 1.73. The maximum absolute atomic E-state index is 12.2. The summed E-state index contributed by atoms with van der Waals surface area (Å²) in [5.74, 6) is 0.443. The molecule has 1 unspecified atom stereocenters. The van der Waals surface area contributed by atoms with E-state index in [0.717, 1.165) is 16.5 Å². The molecule has 1 atom stereocenters. The van der Waals surface area contributed by atoms with Gasteiger partial charge in [-0.1, -0.05) is 35.0 Å². The lowest BCUT2D eigenvalue weighted by molar-refractivity contribution is -0.136. The van der Waals surface area contributed by atoms with Gasteiger partial charge in [0.1, 0.15) is 5.78 Å². The average Bonchev–Trinajstić information content (AvgIpc) is 2.39. The van der Waals surface area contributed by atoms with Crippen molar-refractivity contribution < 1.29 is 9.59 Å². The number of Topliss-reactive ketones (excluding diaryl/α,β-unsaturated/α-hetero) is 1. The average molecular weight is 324 g/mol. The van der Waals surface area contributed by atoms with Crippen molar-refractivity contribution in [3.05, 3.63) is 34.3 Å². The van der Waals surface area contributed by atoms with Gasteiger partial charge in [-0.05, 0) is 24.1 Å². The zero-order chi connectivity index (χ0) is 13.8. The van der Waals surface area contributed by atoms with Crippen LogP contribution in [0.2, 0.25) is 0 Å². The van der Waals surface area contributed by atoms with E-state index in [1.165, 1.54) is 0 Å². The number of carbonyl (C=O) groups excluding carboxylic acids is 2. The summed E-state index contributed by atoms with van der Waals surface area (Å²) in [6, 6.07) is 7.79. The third-order valence-electron chi connectivity index (χ3n) is 3.61. The molecule has 1 aromatic carbocycles. The predicted octanol–water partition coefficient (Wildman–Crippen LogP) is 2.82. The summed E-state index contributed by atoms with van der Waals surface area (Å²) in [7, 11) is 0. The van der Waals surface area contributed by atoms with Gasteiger partial charge in [-0.3, -0.25) is 9.59 Å². The standard InChI is InChI=1S/C15H18BrNO2/c1-2-12-10-17(7-6-14(12)18)15(19)9-11-4-3-5-13(16)8-11/h3-5,8,12H,2,6-7,9-10H2,1H3. The summed E-state index contributed by atoms with van der Waals surface area (Å²) < 4.78 is 0.984. The Labute approximate surface area is 122 Å². The molecule has 3 nitrogen and oxygen atoms in total. The Balaban J connectivity index is 1.98. The Hall–Kier alpha value is -1.16. The van der Waals surface area contributed by atoms with Crippen LogP contribution in [0.25, 0.3) is 0 Å². The van der Waals surface area contributed by atoms with Crippen molar-refractivity contribution in [2.75, 3.05) is 13.1 Å². The Kier molecular flexibility index (Phi) is 4.75. The van der Waals surface area contributed by atoms with Crippen LogP contribution in [0.3, 0.4) is 0 Å². The molecular formula is C15H18BrNO2. The monoisotopic (exact) mass is 323 g/mol. The van der Waals surface area contributed by atoms with Crippen molar-refractivity contribution in [2.45, 2.75) is 26.2 Å². The van der Waals surface area contributed by atoms with E-state index in [1.807, 2.05) is 36.1 Å². The fourth-order valence-electron chi connectivity index (χ4n) is 2.43. The number of piperidine rings is 1. The minimum Gasteiger partial charge on any atom is -0.341 e. The first kappa shape index (κ1) is 14.3. The van der Waals surface area contributed by atoms with Gasteiger partial charge in [-0.25, -0.2) is 0 Å². The van der Waals surface area contributed by atoms with Gasteiger partial charge in [0, 0.05) is 29.9 Å². The first-order valence-electron chi connectivity index (χ1n) is 6.65. The van der Waals surface area contributed by atoms with Crippen LogP contribution < -0.4 is 0 Å². The molecular weight excluding hydrogens is 306 g/mol. The fraction of sp³-hybridized carbons (Fsp3) is 0.467. The predicted molar refractivity (Wildman–Crippen MR) is 77.8 cm³/mol. The molecule has 1 aliphatic rings. The third kappa shape index (κ3) is 3.66. The molecule has 1 saturated heterocycles. The van der Waals surface area contributed by atoms with Crippen molar-refractivity contribution in [1.29, 1.82) is 0 Å². The summed E-state index contributed by atoms with van der Waals surface area (Å²) in [5, 5.41) is 0. The van der Waals surface area contributed by atoms with Crippen LogP contribution in [0.5, 0.6) is 0 Å². The van der Waals surface area contributed by atoms with Gasteiger partial charge < -0.3 is 4.90 Å². The molecule has 4 heteroatoms. The highest BCUT2D eigenvalue weighted by Gasteiger charge is 2.28. The van der Waals surface area contributed by atoms with Crippen LogP contribution in [0.4, 0.5) is 0 Å². The second-order valence-corrected chi connectivity index (χ2v) is 5.88. The van der Waals surface area contributed by atoms with Gasteiger partial charge in [-0.2, -0.15) is 0 Å². The van der Waals surface area contributed by atoms with Gasteiger partial charge >= 0.3 is 0 Å². The van der Waals surface area contributed by atoms with Crippen LogP contribution in [-0.2, 0) is 16.0 Å². The van der Waals surface area contributed by atoms with E-state index in [4.69, 9.17) is 0 Å². The van der Waals surface area contributed by atoms with Gasteiger partial charge in [0.05, 0.1) is 6.42 Å². The number of amides is 1. The number of halogens is 1. The number of carbonyl (C=O) groups is 2. The lowest BCUT2D eigenvalue weighted by Crippen LogP contribution is -2.44. The Bertz CT molecular complexity index is 487. The SMILES string of the molecule is CCC1CN(C(=O)Cc2cccc(Br)c2)CCC1=O. The summed E-state index contributed by atoms with van der Waals surface area (Å²) in [6.45, 7) is 3.16. The molecule has 1 fully saturated rings. The molecule has 19 heavy (non-hydrogen) atoms. The maximum atomic E-state index is 12.2. The van der Waals surface area contributed by atoms with E-state index < -0.39 is 0 Å². The summed E-state index contributed by atoms with van der Waals surface area (Å²) in [4.78, 5) is 25.7. The van der Waals surface area contributed by atoms with Crippen LogP contribution >= 0.6 is 15.9 Å². The fourth-order valence-corrected chi connectivity index (χ4v) is 2.87. The highest BCUT2D eigenvalue weighted by molar-refractivity contribution is 9.10. The van der Waals surface area contributed by atoms with Crippen molar-refractivity contribution in [3.63, 3.8) is 0 Å². The Morgan fingerprint density at radius 1 is 1.47 bits per heavy atom. The molecule has 102 valence electrons. The van der Waals surface area contributed by atoms with E-state index in [0.29, 0.717) is 31.7 Å². The number of nitrogens with zero attached hydrogens (tertiary/aromatic N) is 1. The number of benzene rings is 1. The normalized spacial score (nSPS) is 19.6. The van der Waals surface area contributed by atoms with Gasteiger partial charge in [0.25, 0.3) is 0 Å². The molecule has 0 aromatic heterocycles. The number of rotatable bonds is 3. The third-order valence-corrected chi connectivity index (χ3v) is 4.11. The van der Waals surface area contributed by atoms with Crippen LogP contribution in [-0.4, -0.2) is 29.7 Å². The van der Waals surface area contributed by atoms with Crippen molar-refractivity contribution in [1.82, 2.24) is 4.90 Å². The molecule has 1 aliphatic heterocycles. The van der Waals surface area contributed by atoms with E-state index in [2.05, 4.69) is 15.9 Å². The first-order valence-corrected chi connectivity index (χ1v) is 7.44. The molecule has 0 radical (unpaired) electrons. The molecule has 2 rings (SSSR count). The number of hydrogen-bond acceptors (Lipinski definition) is 2. The lowest BCUT2D eigenvalue weighted by atomic mass is 9.94. The minimum absolute atomic E-state index is 0.0280. The molecule has 0 N–H and O–H groups in total. The zero-order valence-electron chi connectivity index (χ0n) is 11.1. The number of likely N-dealkylation sites (tertiary alicyclic amines) is 1. The van der Waals surface area contributed by atoms with Gasteiger partial charge in [-0.15, -0.1) is 0 Å². The Morgan fingerprint density at radius 2 is 2.26 bits per heavy atom. The van der Waals surface area contributed by atoms with Gasteiger partial charge in [0.15, 0.2) is 0 Å². The Morgan fingerprint density at radius 3 is 2.95 bits per heavy atom. The second kappa shape index (κ2) is 6.33. The molecule has 0 aliphatic carbocycles. The maximum Gasteiger partial charge on any atom is 0.227 e. The molecule has 1 heterocycles. The zero-order valence-corrected chi connectivity index (χ0v) is 12.6. The van der Waals surface area contributed by atoms with Gasteiger partial charge in [0.2, 0.25) is 5.91 Å². The molecule has 1 amide bonds. The van der Waals surface area contributed by atoms with Crippen molar-refractivity contribution >= 4 is 27.6 Å². The summed E-state index contributed by atoms with van der Waals surface area (Å²) >= 11 is 3.41. The van der Waals surface area contributed by atoms with E-state index in [9.17, 15) is 9.59 Å². The topological polar surface area (TPSA) is 37.4 Å². The van der Waals surface area contributed by atoms with E-state index in [-0.39, 0.29) is 11.8 Å². The smallest absolute Gasteiger partial charge is 0.227 e. The molecule has 1 aromatic rings. The van der Waals surface area contributed by atoms with Crippen molar-refractivity contribution in [3.8, 4) is 0 Å². The molecule has 0 bridgehead atoms. The number of hydrogen-bond donors (Lipinski definition) is 0. The lowest BCUT2D eigenvalue weighted by Gasteiger charge is -2.31. The first-order chi connectivity index (χ1) is 9.10. The number of ketones is 1. The van der Waals surface area contributed by atoms with Crippen LogP contribution in [0, 0.1) is 5.92 Å². The minimum atomic E-state index is 0.0280. The molecule has 0 saturated carbocycles.